The Morgan fingerprint density at radius 1 is 1.19 bits per heavy atom. The van der Waals surface area contributed by atoms with Gasteiger partial charge in [-0.2, -0.15) is 5.26 Å². The van der Waals surface area contributed by atoms with Crippen LogP contribution in [0.3, 0.4) is 0 Å². The number of hydrogen-bond acceptors (Lipinski definition) is 8. The number of hydrogen-bond donors (Lipinski definition) is 2. The van der Waals surface area contributed by atoms with Crippen molar-refractivity contribution in [2.24, 2.45) is 0 Å². The molecule has 3 aromatic rings. The summed E-state index contributed by atoms with van der Waals surface area (Å²) in [6.07, 6.45) is 6.16. The lowest BCUT2D eigenvalue weighted by Crippen LogP contribution is -2.21. The molecule has 4 rings (SSSR count). The molecule has 1 fully saturated rings. The molecule has 2 N–H and O–H groups in total. The summed E-state index contributed by atoms with van der Waals surface area (Å²) in [5.41, 5.74) is 2.31. The van der Waals surface area contributed by atoms with Gasteiger partial charge in [0, 0.05) is 25.8 Å². The number of nitriles is 1. The van der Waals surface area contributed by atoms with Gasteiger partial charge in [0.25, 0.3) is 0 Å². The van der Waals surface area contributed by atoms with Crippen molar-refractivity contribution >= 4 is 11.6 Å². The molecule has 4 heterocycles. The van der Waals surface area contributed by atoms with Gasteiger partial charge in [0.2, 0.25) is 5.95 Å². The van der Waals surface area contributed by atoms with Crippen LogP contribution in [-0.2, 0) is 11.3 Å². The Hall–Kier alpha value is -3.42. The van der Waals surface area contributed by atoms with E-state index >= 15 is 0 Å². The highest BCUT2D eigenvalue weighted by Gasteiger charge is 2.23. The predicted octanol–water partition coefficient (Wildman–Crippen LogP) is 2.89. The van der Waals surface area contributed by atoms with E-state index < -0.39 is 5.82 Å². The maximum atomic E-state index is 14.7. The monoisotopic (exact) mass is 422 g/mol. The van der Waals surface area contributed by atoms with Crippen LogP contribution >= 0.6 is 0 Å². The Morgan fingerprint density at radius 2 is 2.03 bits per heavy atom. The predicted molar refractivity (Wildman–Crippen MR) is 112 cm³/mol. The van der Waals surface area contributed by atoms with E-state index in [4.69, 9.17) is 10.00 Å². The fourth-order valence-electron chi connectivity index (χ4n) is 3.62. The minimum atomic E-state index is -0.504. The maximum Gasteiger partial charge on any atom is 0.228 e. The average Bonchev–Trinajstić information content (AvgIpc) is 3.18. The molecular formula is C21H23FN8O. The van der Waals surface area contributed by atoms with Crippen LogP contribution in [0.25, 0.3) is 11.4 Å². The first-order chi connectivity index (χ1) is 15.2. The van der Waals surface area contributed by atoms with Crippen LogP contribution in [0, 0.1) is 24.1 Å². The van der Waals surface area contributed by atoms with Crippen LogP contribution < -0.4 is 10.6 Å². The van der Waals surface area contributed by atoms with Crippen molar-refractivity contribution in [1.82, 2.24) is 29.8 Å². The van der Waals surface area contributed by atoms with E-state index in [-0.39, 0.29) is 24.2 Å². The van der Waals surface area contributed by atoms with Gasteiger partial charge < -0.3 is 14.6 Å². The first-order valence-corrected chi connectivity index (χ1v) is 10.1. The molecule has 9 nitrogen and oxygen atoms in total. The molecular weight excluding hydrogens is 399 g/mol. The Labute approximate surface area is 179 Å². The molecule has 0 radical (unpaired) electrons. The van der Waals surface area contributed by atoms with Gasteiger partial charge in [-0.3, -0.25) is 10.3 Å². The van der Waals surface area contributed by atoms with Gasteiger partial charge >= 0.3 is 0 Å². The largest absolute Gasteiger partial charge is 0.381 e. The normalized spacial score (nSPS) is 14.4. The van der Waals surface area contributed by atoms with Crippen molar-refractivity contribution in [2.75, 3.05) is 25.1 Å². The summed E-state index contributed by atoms with van der Waals surface area (Å²) in [4.78, 5) is 17.2. The highest BCUT2D eigenvalue weighted by Crippen LogP contribution is 2.30. The third-order valence-corrected chi connectivity index (χ3v) is 5.12. The van der Waals surface area contributed by atoms with Crippen molar-refractivity contribution in [3.63, 3.8) is 0 Å². The fraction of sp³-hybridized carbons (Fsp3) is 0.381. The van der Waals surface area contributed by atoms with Crippen molar-refractivity contribution in [3.05, 3.63) is 48.1 Å². The van der Waals surface area contributed by atoms with Crippen molar-refractivity contribution in [3.8, 4) is 17.5 Å². The van der Waals surface area contributed by atoms with Crippen LogP contribution in [-0.4, -0.2) is 44.3 Å². The molecule has 0 amide bonds. The summed E-state index contributed by atoms with van der Waals surface area (Å²) in [6, 6.07) is 5.88. The molecule has 0 saturated carbocycles. The Bertz CT molecular complexity index is 1070. The Balaban J connectivity index is 1.55. The molecule has 1 saturated heterocycles. The smallest absolute Gasteiger partial charge is 0.228 e. The van der Waals surface area contributed by atoms with E-state index in [2.05, 4.69) is 30.6 Å². The van der Waals surface area contributed by atoms with Gasteiger partial charge in [0.05, 0.1) is 48.3 Å². The zero-order valence-electron chi connectivity index (χ0n) is 17.2. The second-order valence-corrected chi connectivity index (χ2v) is 7.22. The number of imidazole rings is 1. The topological polar surface area (TPSA) is 114 Å². The Kier molecular flexibility index (Phi) is 6.45. The van der Waals surface area contributed by atoms with E-state index in [0.717, 1.165) is 30.6 Å². The highest BCUT2D eigenvalue weighted by atomic mass is 19.1. The minimum Gasteiger partial charge on any atom is -0.381 e. The van der Waals surface area contributed by atoms with Crippen LogP contribution in [0.2, 0.25) is 0 Å². The number of aromatic nitrogens is 5. The summed E-state index contributed by atoms with van der Waals surface area (Å²) < 4.78 is 22.2. The van der Waals surface area contributed by atoms with E-state index in [1.54, 1.807) is 12.4 Å². The molecule has 3 aromatic heterocycles. The number of pyridine rings is 1. The number of halogens is 1. The van der Waals surface area contributed by atoms with Gasteiger partial charge in [-0.25, -0.2) is 19.3 Å². The van der Waals surface area contributed by atoms with E-state index in [1.165, 1.54) is 0 Å². The molecule has 160 valence electrons. The standard InChI is InChI=1S/C21H23FN8O/c1-14-25-13-19(30(14)17-4-8-31-9-5-17)20-18(22)12-27-21(29-20)28-16-3-2-15(26-11-16)10-24-7-6-23/h2-3,11-13,17,24H,4-5,7-10H2,1H3,(H,27,28,29). The molecule has 0 spiro atoms. The lowest BCUT2D eigenvalue weighted by atomic mass is 10.1. The summed E-state index contributed by atoms with van der Waals surface area (Å²) in [6.45, 7) is 4.03. The van der Waals surface area contributed by atoms with Crippen molar-refractivity contribution < 1.29 is 9.13 Å². The average molecular weight is 422 g/mol. The zero-order valence-corrected chi connectivity index (χ0v) is 17.2. The van der Waals surface area contributed by atoms with Crippen molar-refractivity contribution in [1.29, 1.82) is 5.26 Å². The van der Waals surface area contributed by atoms with Gasteiger partial charge in [0.1, 0.15) is 11.5 Å². The minimum absolute atomic E-state index is 0.198. The molecule has 31 heavy (non-hydrogen) atoms. The summed E-state index contributed by atoms with van der Waals surface area (Å²) in [5, 5.41) is 14.6. The second-order valence-electron chi connectivity index (χ2n) is 7.22. The molecule has 1 aliphatic rings. The highest BCUT2D eigenvalue weighted by molar-refractivity contribution is 5.59. The molecule has 0 unspecified atom stereocenters. The number of ether oxygens (including phenoxy) is 1. The van der Waals surface area contributed by atoms with E-state index in [9.17, 15) is 4.39 Å². The fourth-order valence-corrected chi connectivity index (χ4v) is 3.62. The van der Waals surface area contributed by atoms with Crippen LogP contribution in [0.4, 0.5) is 16.0 Å². The summed E-state index contributed by atoms with van der Waals surface area (Å²) in [7, 11) is 0. The molecule has 10 heteroatoms. The zero-order chi connectivity index (χ0) is 21.6. The Morgan fingerprint density at radius 3 is 2.77 bits per heavy atom. The van der Waals surface area contributed by atoms with Gasteiger partial charge in [-0.1, -0.05) is 0 Å². The lowest BCUT2D eigenvalue weighted by Gasteiger charge is -2.26. The maximum absolute atomic E-state index is 14.7. The lowest BCUT2D eigenvalue weighted by molar-refractivity contribution is 0.0694. The second kappa shape index (κ2) is 9.59. The van der Waals surface area contributed by atoms with Gasteiger partial charge in [-0.15, -0.1) is 0 Å². The molecule has 0 atom stereocenters. The SMILES string of the molecule is Cc1ncc(-c2nc(Nc3ccc(CNCC#N)nc3)ncc2F)n1C1CCOCC1. The number of aryl methyl sites for hydroxylation is 1. The quantitative estimate of drug-likeness (QED) is 0.441. The number of nitrogens with one attached hydrogen (secondary N) is 2. The molecule has 0 bridgehead atoms. The third kappa shape index (κ3) is 4.84. The molecule has 1 aliphatic heterocycles. The summed E-state index contributed by atoms with van der Waals surface area (Å²) in [5.74, 6) is 0.584. The van der Waals surface area contributed by atoms with Crippen LogP contribution in [0.1, 0.15) is 30.4 Å². The summed E-state index contributed by atoms with van der Waals surface area (Å²) >= 11 is 0. The third-order valence-electron chi connectivity index (χ3n) is 5.12. The first-order valence-electron chi connectivity index (χ1n) is 10.1. The number of nitrogens with zero attached hydrogens (tertiary/aromatic N) is 6. The van der Waals surface area contributed by atoms with Gasteiger partial charge in [-0.05, 0) is 31.9 Å². The van der Waals surface area contributed by atoms with Gasteiger partial charge in [0.15, 0.2) is 5.82 Å². The number of anilines is 2. The van der Waals surface area contributed by atoms with Crippen LogP contribution in [0.5, 0.6) is 0 Å². The van der Waals surface area contributed by atoms with E-state index in [1.807, 2.05) is 29.7 Å². The first kappa shape index (κ1) is 20.8. The number of rotatable bonds is 7. The van der Waals surface area contributed by atoms with Crippen molar-refractivity contribution in [2.45, 2.75) is 32.4 Å². The molecule has 0 aliphatic carbocycles. The van der Waals surface area contributed by atoms with Crippen LogP contribution in [0.15, 0.2) is 30.7 Å². The molecule has 0 aromatic carbocycles. The van der Waals surface area contributed by atoms with E-state index in [0.29, 0.717) is 31.1 Å².